The molecule has 1 aromatic rings. The summed E-state index contributed by atoms with van der Waals surface area (Å²) in [6, 6.07) is 5.36. The Hall–Kier alpha value is -0.600. The van der Waals surface area contributed by atoms with Crippen LogP contribution in [0.15, 0.2) is 18.2 Å². The Morgan fingerprint density at radius 1 is 1.30 bits per heavy atom. The highest BCUT2D eigenvalue weighted by atomic mass is 35.5. The van der Waals surface area contributed by atoms with Crippen molar-refractivity contribution >= 4 is 11.6 Å². The molecule has 1 aliphatic carbocycles. The molecule has 1 nitrogen and oxygen atoms in total. The molecule has 0 aromatic heterocycles. The van der Waals surface area contributed by atoms with Gasteiger partial charge in [0, 0.05) is 11.1 Å². The minimum absolute atomic E-state index is 0.253. The van der Waals surface area contributed by atoms with E-state index >= 15 is 0 Å². The fourth-order valence-electron chi connectivity index (χ4n) is 3.46. The summed E-state index contributed by atoms with van der Waals surface area (Å²) in [5.74, 6) is 1.18. The Morgan fingerprint density at radius 2 is 2.10 bits per heavy atom. The maximum absolute atomic E-state index is 13.1. The van der Waals surface area contributed by atoms with Crippen LogP contribution in [0.5, 0.6) is 0 Å². The molecule has 20 heavy (non-hydrogen) atoms. The highest BCUT2D eigenvalue weighted by Crippen LogP contribution is 2.34. The van der Waals surface area contributed by atoms with Gasteiger partial charge in [0.25, 0.3) is 0 Å². The zero-order chi connectivity index (χ0) is 14.5. The van der Waals surface area contributed by atoms with Crippen molar-refractivity contribution in [1.82, 2.24) is 5.32 Å². The number of halogens is 2. The second kappa shape index (κ2) is 7.42. The standard InChI is InChI=1S/C17H25ClFN/c1-3-12-5-8-17(20-4-2)14(9-12)10-13-6-7-15(19)11-16(13)18/h6-7,11-12,14,17,20H,3-5,8-10H2,1-2H3. The largest absolute Gasteiger partial charge is 0.314 e. The Morgan fingerprint density at radius 3 is 2.75 bits per heavy atom. The van der Waals surface area contributed by atoms with Gasteiger partial charge in [-0.2, -0.15) is 0 Å². The SMILES string of the molecule is CCNC1CCC(CC)CC1Cc1ccc(F)cc1Cl. The number of hydrogen-bond donors (Lipinski definition) is 1. The molecule has 1 N–H and O–H groups in total. The van der Waals surface area contributed by atoms with E-state index in [1.807, 2.05) is 6.07 Å². The summed E-state index contributed by atoms with van der Waals surface area (Å²) >= 11 is 6.18. The van der Waals surface area contributed by atoms with Gasteiger partial charge in [-0.1, -0.05) is 37.9 Å². The smallest absolute Gasteiger partial charge is 0.124 e. The van der Waals surface area contributed by atoms with Crippen molar-refractivity contribution in [2.75, 3.05) is 6.54 Å². The van der Waals surface area contributed by atoms with Gasteiger partial charge in [0.05, 0.1) is 0 Å². The summed E-state index contributed by atoms with van der Waals surface area (Å²) < 4.78 is 13.1. The fourth-order valence-corrected chi connectivity index (χ4v) is 3.70. The lowest BCUT2D eigenvalue weighted by Gasteiger charge is -2.36. The molecular weight excluding hydrogens is 273 g/mol. The lowest BCUT2D eigenvalue weighted by Crippen LogP contribution is -2.41. The minimum atomic E-state index is -0.253. The normalized spacial score (nSPS) is 26.7. The van der Waals surface area contributed by atoms with Crippen molar-refractivity contribution in [2.45, 2.75) is 52.0 Å². The third kappa shape index (κ3) is 3.95. The van der Waals surface area contributed by atoms with E-state index in [4.69, 9.17) is 11.6 Å². The lowest BCUT2D eigenvalue weighted by atomic mass is 9.74. The molecule has 1 aromatic carbocycles. The van der Waals surface area contributed by atoms with E-state index in [9.17, 15) is 4.39 Å². The van der Waals surface area contributed by atoms with E-state index in [1.165, 1.54) is 37.8 Å². The summed E-state index contributed by atoms with van der Waals surface area (Å²) in [5.41, 5.74) is 1.08. The van der Waals surface area contributed by atoms with E-state index < -0.39 is 0 Å². The van der Waals surface area contributed by atoms with E-state index in [0.717, 1.165) is 24.4 Å². The molecule has 1 fully saturated rings. The molecule has 3 heteroatoms. The van der Waals surface area contributed by atoms with Gasteiger partial charge in [-0.25, -0.2) is 4.39 Å². The minimum Gasteiger partial charge on any atom is -0.314 e. The predicted molar refractivity (Wildman–Crippen MR) is 83.7 cm³/mol. The number of rotatable bonds is 5. The third-order valence-electron chi connectivity index (χ3n) is 4.63. The molecule has 0 bridgehead atoms. The molecule has 2 rings (SSSR count). The average Bonchev–Trinajstić information content (AvgIpc) is 2.44. The quantitative estimate of drug-likeness (QED) is 0.821. The van der Waals surface area contributed by atoms with Crippen molar-refractivity contribution < 1.29 is 4.39 Å². The predicted octanol–water partition coefficient (Wildman–Crippen LogP) is 4.83. The summed E-state index contributed by atoms with van der Waals surface area (Å²) in [4.78, 5) is 0. The third-order valence-corrected chi connectivity index (χ3v) is 4.98. The van der Waals surface area contributed by atoms with Crippen molar-refractivity contribution in [3.8, 4) is 0 Å². The van der Waals surface area contributed by atoms with Crippen LogP contribution in [0.1, 0.15) is 45.1 Å². The Bertz CT molecular complexity index is 435. The fraction of sp³-hybridized carbons (Fsp3) is 0.647. The maximum Gasteiger partial charge on any atom is 0.124 e. The summed E-state index contributed by atoms with van der Waals surface area (Å²) in [5, 5.41) is 4.18. The Kier molecular flexibility index (Phi) is 5.86. The molecule has 0 heterocycles. The van der Waals surface area contributed by atoms with Crippen LogP contribution in [-0.2, 0) is 6.42 Å². The molecule has 1 aliphatic rings. The first-order valence-electron chi connectivity index (χ1n) is 7.81. The van der Waals surface area contributed by atoms with Crippen LogP contribution in [0.4, 0.5) is 4.39 Å². The van der Waals surface area contributed by atoms with Gasteiger partial charge in [0.1, 0.15) is 5.82 Å². The molecular formula is C17H25ClFN. The molecule has 0 spiro atoms. The molecule has 3 atom stereocenters. The molecule has 112 valence electrons. The van der Waals surface area contributed by atoms with Gasteiger partial charge in [-0.15, -0.1) is 0 Å². The van der Waals surface area contributed by atoms with Crippen LogP contribution >= 0.6 is 11.6 Å². The zero-order valence-electron chi connectivity index (χ0n) is 12.5. The monoisotopic (exact) mass is 297 g/mol. The van der Waals surface area contributed by atoms with Crippen molar-refractivity contribution in [2.24, 2.45) is 11.8 Å². The number of hydrogen-bond acceptors (Lipinski definition) is 1. The van der Waals surface area contributed by atoms with E-state index in [1.54, 1.807) is 0 Å². The van der Waals surface area contributed by atoms with Crippen LogP contribution in [0.2, 0.25) is 5.02 Å². The molecule has 0 radical (unpaired) electrons. The molecule has 0 saturated heterocycles. The van der Waals surface area contributed by atoms with Gasteiger partial charge in [-0.3, -0.25) is 0 Å². The highest BCUT2D eigenvalue weighted by molar-refractivity contribution is 6.31. The Labute approximate surface area is 126 Å². The summed E-state index contributed by atoms with van der Waals surface area (Å²) in [6.07, 6.45) is 6.03. The van der Waals surface area contributed by atoms with Crippen LogP contribution in [-0.4, -0.2) is 12.6 Å². The second-order valence-corrected chi connectivity index (χ2v) is 6.36. The summed E-state index contributed by atoms with van der Waals surface area (Å²) in [6.45, 7) is 5.45. The van der Waals surface area contributed by atoms with Gasteiger partial charge in [0.2, 0.25) is 0 Å². The van der Waals surface area contributed by atoms with Crippen molar-refractivity contribution in [1.29, 1.82) is 0 Å². The van der Waals surface area contributed by atoms with Gasteiger partial charge in [-0.05, 0) is 61.8 Å². The maximum atomic E-state index is 13.1. The first kappa shape index (κ1) is 15.8. The summed E-state index contributed by atoms with van der Waals surface area (Å²) in [7, 11) is 0. The highest BCUT2D eigenvalue weighted by Gasteiger charge is 2.29. The van der Waals surface area contributed by atoms with Gasteiger partial charge >= 0.3 is 0 Å². The van der Waals surface area contributed by atoms with Crippen molar-refractivity contribution in [3.63, 3.8) is 0 Å². The molecule has 0 aliphatic heterocycles. The van der Waals surface area contributed by atoms with E-state index in [0.29, 0.717) is 17.0 Å². The first-order chi connectivity index (χ1) is 9.63. The molecule has 1 saturated carbocycles. The van der Waals surface area contributed by atoms with Crippen LogP contribution in [0.25, 0.3) is 0 Å². The lowest BCUT2D eigenvalue weighted by molar-refractivity contribution is 0.200. The van der Waals surface area contributed by atoms with E-state index in [2.05, 4.69) is 19.2 Å². The first-order valence-corrected chi connectivity index (χ1v) is 8.19. The van der Waals surface area contributed by atoms with Crippen LogP contribution in [0, 0.1) is 17.7 Å². The molecule has 3 unspecified atom stereocenters. The zero-order valence-corrected chi connectivity index (χ0v) is 13.2. The van der Waals surface area contributed by atoms with E-state index in [-0.39, 0.29) is 5.82 Å². The Balaban J connectivity index is 2.09. The second-order valence-electron chi connectivity index (χ2n) is 5.95. The van der Waals surface area contributed by atoms with Gasteiger partial charge in [0.15, 0.2) is 0 Å². The van der Waals surface area contributed by atoms with Crippen LogP contribution in [0.3, 0.4) is 0 Å². The van der Waals surface area contributed by atoms with Gasteiger partial charge < -0.3 is 5.32 Å². The topological polar surface area (TPSA) is 12.0 Å². The number of nitrogens with one attached hydrogen (secondary N) is 1. The number of benzene rings is 1. The molecule has 0 amide bonds. The van der Waals surface area contributed by atoms with Crippen molar-refractivity contribution in [3.05, 3.63) is 34.6 Å². The van der Waals surface area contributed by atoms with Crippen LogP contribution < -0.4 is 5.32 Å². The average molecular weight is 298 g/mol.